The lowest BCUT2D eigenvalue weighted by atomic mass is 10.5. The molecule has 0 unspecified atom stereocenters. The fourth-order valence-electron chi connectivity index (χ4n) is 0.680. The summed E-state index contributed by atoms with van der Waals surface area (Å²) in [7, 11) is 1.53. The molecule has 0 aromatic carbocycles. The van der Waals surface area contributed by atoms with Gasteiger partial charge in [-0.1, -0.05) is 0 Å². The van der Waals surface area contributed by atoms with E-state index in [1.54, 1.807) is 6.08 Å². The molecule has 1 rings (SSSR count). The number of cyclic esters (lactones) is 2. The summed E-state index contributed by atoms with van der Waals surface area (Å²) in [5, 5.41) is 0. The van der Waals surface area contributed by atoms with Crippen LogP contribution in [0.25, 0.3) is 0 Å². The molecular weight excluding hydrogens is 164 g/mol. The second-order valence-electron chi connectivity index (χ2n) is 2.09. The van der Waals surface area contributed by atoms with Gasteiger partial charge in [-0.25, -0.2) is 4.79 Å². The van der Waals surface area contributed by atoms with Crippen LogP contribution in [0, 0.1) is 0 Å². The topological polar surface area (TPSA) is 54.0 Å². The number of ether oxygens (including phenoxy) is 4. The quantitative estimate of drug-likeness (QED) is 0.356. The molecule has 5 heteroatoms. The first-order valence-corrected chi connectivity index (χ1v) is 3.43. The molecule has 0 atom stereocenters. The summed E-state index contributed by atoms with van der Waals surface area (Å²) < 4.78 is 18.7. The number of carbonyl (C=O) groups is 1. The van der Waals surface area contributed by atoms with Gasteiger partial charge in [-0.3, -0.25) is 0 Å². The minimum absolute atomic E-state index is 0.190. The van der Waals surface area contributed by atoms with Gasteiger partial charge in [-0.2, -0.15) is 0 Å². The maximum Gasteiger partial charge on any atom is 0.514 e. The molecule has 1 saturated heterocycles. The van der Waals surface area contributed by atoms with Crippen LogP contribution in [0.3, 0.4) is 0 Å². The van der Waals surface area contributed by atoms with Crippen molar-refractivity contribution in [3.63, 3.8) is 0 Å². The van der Waals surface area contributed by atoms with Crippen LogP contribution in [0.5, 0.6) is 0 Å². The summed E-state index contributed by atoms with van der Waals surface area (Å²) in [6.07, 6.45) is 0.970. The number of hydrogen-bond acceptors (Lipinski definition) is 5. The van der Waals surface area contributed by atoms with E-state index in [2.05, 4.69) is 14.2 Å². The summed E-state index contributed by atoms with van der Waals surface area (Å²) in [6.45, 7) is 0.758. The molecule has 12 heavy (non-hydrogen) atoms. The molecule has 1 aliphatic rings. The lowest BCUT2D eigenvalue weighted by molar-refractivity contribution is -0.0191. The molecule has 5 nitrogen and oxygen atoms in total. The van der Waals surface area contributed by atoms with Crippen molar-refractivity contribution >= 4 is 6.16 Å². The Labute approximate surface area is 69.8 Å². The number of methoxy groups -OCH3 is 1. The molecule has 68 valence electrons. The highest BCUT2D eigenvalue weighted by Crippen LogP contribution is 2.08. The van der Waals surface area contributed by atoms with E-state index in [9.17, 15) is 4.79 Å². The summed E-state index contributed by atoms with van der Waals surface area (Å²) in [6, 6.07) is 0. The van der Waals surface area contributed by atoms with E-state index in [1.165, 1.54) is 7.11 Å². The first-order valence-electron chi connectivity index (χ1n) is 3.43. The van der Waals surface area contributed by atoms with Crippen LogP contribution in [0.1, 0.15) is 0 Å². The lowest BCUT2D eigenvalue weighted by Crippen LogP contribution is -1.97. The molecule has 1 aliphatic heterocycles. The van der Waals surface area contributed by atoms with E-state index in [4.69, 9.17) is 4.74 Å². The van der Waals surface area contributed by atoms with E-state index >= 15 is 0 Å². The highest BCUT2D eigenvalue weighted by atomic mass is 16.8. The van der Waals surface area contributed by atoms with Crippen molar-refractivity contribution in [1.82, 2.24) is 0 Å². The molecule has 0 radical (unpaired) electrons. The number of rotatable bonds is 4. The van der Waals surface area contributed by atoms with Crippen molar-refractivity contribution < 1.29 is 23.7 Å². The van der Waals surface area contributed by atoms with Crippen LogP contribution in [0.15, 0.2) is 11.8 Å². The van der Waals surface area contributed by atoms with E-state index < -0.39 is 6.16 Å². The van der Waals surface area contributed by atoms with Crippen molar-refractivity contribution in [2.75, 3.05) is 27.1 Å². The average molecular weight is 174 g/mol. The van der Waals surface area contributed by atoms with Crippen LogP contribution in [0.4, 0.5) is 4.79 Å². The van der Waals surface area contributed by atoms with Crippen molar-refractivity contribution in [3.8, 4) is 0 Å². The van der Waals surface area contributed by atoms with E-state index in [0.29, 0.717) is 12.4 Å². The Balaban J connectivity index is 2.15. The molecule has 1 heterocycles. The Morgan fingerprint density at radius 1 is 1.67 bits per heavy atom. The molecule has 0 bridgehead atoms. The van der Waals surface area contributed by atoms with Crippen LogP contribution < -0.4 is 0 Å². The van der Waals surface area contributed by atoms with Gasteiger partial charge >= 0.3 is 6.16 Å². The molecule has 0 spiro atoms. The predicted octanol–water partition coefficient (Wildman–Crippen LogP) is 0.658. The van der Waals surface area contributed by atoms with Crippen molar-refractivity contribution in [2.24, 2.45) is 0 Å². The SMILES string of the molecule is COCOCC=C1COC(=O)O1. The molecule has 0 N–H and O–H groups in total. The second-order valence-corrected chi connectivity index (χ2v) is 2.09. The van der Waals surface area contributed by atoms with Crippen molar-refractivity contribution in [1.29, 1.82) is 0 Å². The lowest BCUT2D eigenvalue weighted by Gasteiger charge is -1.97. The maximum absolute atomic E-state index is 10.4. The Bertz CT molecular complexity index is 186. The van der Waals surface area contributed by atoms with Gasteiger partial charge in [0.1, 0.15) is 12.6 Å². The van der Waals surface area contributed by atoms with Crippen LogP contribution in [-0.2, 0) is 18.9 Å². The zero-order chi connectivity index (χ0) is 8.81. The van der Waals surface area contributed by atoms with Gasteiger partial charge in [-0.05, 0) is 6.08 Å². The van der Waals surface area contributed by atoms with Gasteiger partial charge < -0.3 is 18.9 Å². The van der Waals surface area contributed by atoms with E-state index in [1.807, 2.05) is 0 Å². The van der Waals surface area contributed by atoms with Gasteiger partial charge in [0.05, 0.1) is 6.61 Å². The van der Waals surface area contributed by atoms with Gasteiger partial charge in [0.25, 0.3) is 0 Å². The number of hydrogen-bond donors (Lipinski definition) is 0. The first-order chi connectivity index (χ1) is 5.83. The zero-order valence-electron chi connectivity index (χ0n) is 6.74. The monoisotopic (exact) mass is 174 g/mol. The minimum Gasteiger partial charge on any atom is -0.426 e. The van der Waals surface area contributed by atoms with Crippen LogP contribution in [0.2, 0.25) is 0 Å². The third-order valence-corrected chi connectivity index (χ3v) is 1.18. The highest BCUT2D eigenvalue weighted by Gasteiger charge is 2.17. The minimum atomic E-state index is -0.659. The molecule has 1 fully saturated rings. The van der Waals surface area contributed by atoms with Gasteiger partial charge in [0.2, 0.25) is 0 Å². The molecule has 0 amide bonds. The Kier molecular flexibility index (Phi) is 3.56. The fourth-order valence-corrected chi connectivity index (χ4v) is 0.680. The predicted molar refractivity (Wildman–Crippen MR) is 38.3 cm³/mol. The van der Waals surface area contributed by atoms with Gasteiger partial charge in [-0.15, -0.1) is 0 Å². The third kappa shape index (κ3) is 2.89. The first kappa shape index (κ1) is 9.02. The average Bonchev–Trinajstić information content (AvgIpc) is 2.45. The Morgan fingerprint density at radius 2 is 2.50 bits per heavy atom. The number of carbonyl (C=O) groups excluding carboxylic acids is 1. The maximum atomic E-state index is 10.4. The standard InChI is InChI=1S/C7H10O5/c1-9-5-10-3-2-6-4-11-7(8)12-6/h2H,3-5H2,1H3. The van der Waals surface area contributed by atoms with Gasteiger partial charge in [0.15, 0.2) is 6.61 Å². The highest BCUT2D eigenvalue weighted by molar-refractivity contribution is 5.64. The Hall–Kier alpha value is -1.07. The van der Waals surface area contributed by atoms with E-state index in [-0.39, 0.29) is 13.4 Å². The van der Waals surface area contributed by atoms with Crippen molar-refractivity contribution in [2.45, 2.75) is 0 Å². The third-order valence-electron chi connectivity index (χ3n) is 1.18. The Morgan fingerprint density at radius 3 is 3.08 bits per heavy atom. The molecular formula is C7H10O5. The largest absolute Gasteiger partial charge is 0.514 e. The summed E-state index contributed by atoms with van der Waals surface area (Å²) in [5.41, 5.74) is 0. The summed E-state index contributed by atoms with van der Waals surface area (Å²) >= 11 is 0. The zero-order valence-corrected chi connectivity index (χ0v) is 6.74. The fraction of sp³-hybridized carbons (Fsp3) is 0.571. The van der Waals surface area contributed by atoms with E-state index in [0.717, 1.165) is 0 Å². The smallest absolute Gasteiger partial charge is 0.426 e. The summed E-state index contributed by atoms with van der Waals surface area (Å²) in [4.78, 5) is 10.4. The van der Waals surface area contributed by atoms with Crippen molar-refractivity contribution in [3.05, 3.63) is 11.8 Å². The molecule has 0 saturated carbocycles. The molecule has 0 aliphatic carbocycles. The molecule has 0 aromatic rings. The summed E-state index contributed by atoms with van der Waals surface area (Å²) in [5.74, 6) is 0.483. The second kappa shape index (κ2) is 4.74. The normalized spacial score (nSPS) is 19.4. The van der Waals surface area contributed by atoms with Crippen LogP contribution >= 0.6 is 0 Å². The molecule has 0 aromatic heterocycles. The van der Waals surface area contributed by atoms with Crippen LogP contribution in [-0.4, -0.2) is 33.3 Å². The van der Waals surface area contributed by atoms with Gasteiger partial charge in [0, 0.05) is 7.11 Å².